The van der Waals surface area contributed by atoms with Gasteiger partial charge in [-0.3, -0.25) is 19.4 Å². The topological polar surface area (TPSA) is 59.1 Å². The van der Waals surface area contributed by atoms with E-state index in [1.807, 2.05) is 18.2 Å². The van der Waals surface area contributed by atoms with E-state index in [9.17, 15) is 9.59 Å². The largest absolute Gasteiger partial charge is 0.493 e. The van der Waals surface area contributed by atoms with E-state index in [2.05, 4.69) is 36.9 Å². The highest BCUT2D eigenvalue weighted by Gasteiger charge is 2.28. The molecule has 2 aliphatic rings. The molecule has 0 bridgehead atoms. The zero-order valence-corrected chi connectivity index (χ0v) is 23.1. The van der Waals surface area contributed by atoms with Crippen molar-refractivity contribution in [3.8, 4) is 11.5 Å². The number of imide groups is 1. The Kier molecular flexibility index (Phi) is 9.49. The average Bonchev–Trinajstić information content (AvgIpc) is 3.23. The van der Waals surface area contributed by atoms with Gasteiger partial charge < -0.3 is 9.47 Å². The molecule has 0 unspecified atom stereocenters. The molecule has 2 amide bonds. The summed E-state index contributed by atoms with van der Waals surface area (Å²) in [5.74, 6) is 1.73. The molecule has 2 aromatic carbocycles. The molecule has 200 valence electrons. The molecule has 1 heterocycles. The summed E-state index contributed by atoms with van der Waals surface area (Å²) in [7, 11) is 1.64. The van der Waals surface area contributed by atoms with E-state index in [0.717, 1.165) is 29.2 Å². The maximum absolute atomic E-state index is 11.8. The molecule has 1 saturated heterocycles. The maximum Gasteiger partial charge on any atom is 0.229 e. The summed E-state index contributed by atoms with van der Waals surface area (Å²) in [6, 6.07) is 12.6. The molecule has 37 heavy (non-hydrogen) atoms. The predicted molar refractivity (Wildman–Crippen MR) is 146 cm³/mol. The van der Waals surface area contributed by atoms with E-state index in [4.69, 9.17) is 21.1 Å². The van der Waals surface area contributed by atoms with Crippen LogP contribution in [0.5, 0.6) is 11.5 Å². The second kappa shape index (κ2) is 12.8. The Morgan fingerprint density at radius 3 is 2.43 bits per heavy atom. The Labute approximate surface area is 225 Å². The molecule has 4 rings (SSSR count). The lowest BCUT2D eigenvalue weighted by molar-refractivity contribution is -0.138. The van der Waals surface area contributed by atoms with Crippen LogP contribution in [0.2, 0.25) is 5.02 Å². The molecule has 1 saturated carbocycles. The Balaban J connectivity index is 1.46. The molecule has 1 atom stereocenters. The lowest BCUT2D eigenvalue weighted by atomic mass is 9.88. The van der Waals surface area contributed by atoms with Crippen LogP contribution in [0.15, 0.2) is 36.4 Å². The van der Waals surface area contributed by atoms with Gasteiger partial charge in [0.05, 0.1) is 13.7 Å². The third-order valence-electron chi connectivity index (χ3n) is 7.77. The number of carbonyl (C=O) groups is 2. The molecule has 0 radical (unpaired) electrons. The van der Waals surface area contributed by atoms with Crippen LogP contribution in [-0.4, -0.2) is 48.4 Å². The fraction of sp³-hybridized carbons (Fsp3) is 0.533. The molecule has 1 aliphatic carbocycles. The van der Waals surface area contributed by atoms with Crippen LogP contribution < -0.4 is 9.47 Å². The first-order valence-corrected chi connectivity index (χ1v) is 13.9. The molecule has 6 nitrogen and oxygen atoms in total. The quantitative estimate of drug-likeness (QED) is 0.320. The van der Waals surface area contributed by atoms with Crippen molar-refractivity contribution in [1.29, 1.82) is 0 Å². The van der Waals surface area contributed by atoms with Crippen molar-refractivity contribution in [3.63, 3.8) is 0 Å². The molecule has 2 fully saturated rings. The summed E-state index contributed by atoms with van der Waals surface area (Å²) in [6.45, 7) is 6.70. The maximum atomic E-state index is 11.8. The number of amides is 2. The number of methoxy groups -OCH3 is 1. The van der Waals surface area contributed by atoms with Crippen molar-refractivity contribution in [2.45, 2.75) is 71.4 Å². The fourth-order valence-corrected chi connectivity index (χ4v) is 5.60. The lowest BCUT2D eigenvalue weighted by Gasteiger charge is -2.34. The zero-order valence-electron chi connectivity index (χ0n) is 22.3. The number of rotatable bonds is 11. The highest BCUT2D eigenvalue weighted by atomic mass is 35.5. The summed E-state index contributed by atoms with van der Waals surface area (Å²) < 4.78 is 11.6. The van der Waals surface area contributed by atoms with E-state index < -0.39 is 0 Å². The molecular weight excluding hydrogens is 488 g/mol. The minimum absolute atomic E-state index is 0.126. The first-order chi connectivity index (χ1) is 17.9. The summed E-state index contributed by atoms with van der Waals surface area (Å²) in [5.41, 5.74) is 3.53. The van der Waals surface area contributed by atoms with Crippen LogP contribution in [0.25, 0.3) is 0 Å². The molecule has 2 aromatic rings. The van der Waals surface area contributed by atoms with E-state index in [-0.39, 0.29) is 31.0 Å². The average molecular weight is 527 g/mol. The number of nitrogens with zero attached hydrogens (tertiary/aromatic N) is 2. The summed E-state index contributed by atoms with van der Waals surface area (Å²) in [4.78, 5) is 27.5. The first-order valence-electron chi connectivity index (χ1n) is 13.5. The second-order valence-electron chi connectivity index (χ2n) is 10.4. The third-order valence-corrected chi connectivity index (χ3v) is 8.19. The fourth-order valence-electron chi connectivity index (χ4n) is 5.48. The van der Waals surface area contributed by atoms with Crippen LogP contribution in [0.1, 0.15) is 74.6 Å². The highest BCUT2D eigenvalue weighted by molar-refractivity contribution is 6.31. The first kappa shape index (κ1) is 27.5. The van der Waals surface area contributed by atoms with Crippen LogP contribution in [-0.2, 0) is 16.1 Å². The predicted octanol–water partition coefficient (Wildman–Crippen LogP) is 6.33. The minimum atomic E-state index is -0.126. The van der Waals surface area contributed by atoms with Gasteiger partial charge in [-0.25, -0.2) is 0 Å². The number of hydrogen-bond acceptors (Lipinski definition) is 5. The Morgan fingerprint density at radius 1 is 1.03 bits per heavy atom. The minimum Gasteiger partial charge on any atom is -0.493 e. The van der Waals surface area contributed by atoms with Gasteiger partial charge in [-0.2, -0.15) is 0 Å². The van der Waals surface area contributed by atoms with Gasteiger partial charge in [-0.05, 0) is 67.5 Å². The monoisotopic (exact) mass is 526 g/mol. The molecular formula is C30H39ClN2O4. The van der Waals surface area contributed by atoms with Crippen molar-refractivity contribution in [2.24, 2.45) is 5.92 Å². The number of benzene rings is 2. The molecule has 1 aliphatic heterocycles. The molecule has 0 aromatic heterocycles. The van der Waals surface area contributed by atoms with Crippen molar-refractivity contribution >= 4 is 23.4 Å². The van der Waals surface area contributed by atoms with Gasteiger partial charge in [0.2, 0.25) is 11.8 Å². The SMILES string of the molecule is COc1cc(CN(CC2CCCCC2)[C@H](C)c2ccc(Cl)c(C)c2)ccc1OCCN1C(=O)CCC1=O. The Hall–Kier alpha value is -2.57. The van der Waals surface area contributed by atoms with E-state index in [1.165, 1.54) is 42.6 Å². The molecule has 0 spiro atoms. The Bertz CT molecular complexity index is 1080. The smallest absolute Gasteiger partial charge is 0.229 e. The summed E-state index contributed by atoms with van der Waals surface area (Å²) in [5, 5.41) is 0.800. The van der Waals surface area contributed by atoms with Crippen LogP contribution >= 0.6 is 11.6 Å². The van der Waals surface area contributed by atoms with Crippen molar-refractivity contribution in [1.82, 2.24) is 9.80 Å². The van der Waals surface area contributed by atoms with Crippen LogP contribution in [0, 0.1) is 12.8 Å². The van der Waals surface area contributed by atoms with Gasteiger partial charge in [0.15, 0.2) is 11.5 Å². The number of aryl methyl sites for hydroxylation is 1. The number of carbonyl (C=O) groups excluding carboxylic acids is 2. The van der Waals surface area contributed by atoms with Crippen LogP contribution in [0.3, 0.4) is 0 Å². The van der Waals surface area contributed by atoms with E-state index >= 15 is 0 Å². The van der Waals surface area contributed by atoms with Crippen molar-refractivity contribution in [2.75, 3.05) is 26.8 Å². The van der Waals surface area contributed by atoms with Gasteiger partial charge in [0.1, 0.15) is 6.61 Å². The number of ether oxygens (including phenoxy) is 2. The summed E-state index contributed by atoms with van der Waals surface area (Å²) in [6.07, 6.45) is 7.16. The van der Waals surface area contributed by atoms with Crippen LogP contribution in [0.4, 0.5) is 0 Å². The van der Waals surface area contributed by atoms with Gasteiger partial charge in [0.25, 0.3) is 0 Å². The molecule has 0 N–H and O–H groups in total. The van der Waals surface area contributed by atoms with E-state index in [0.29, 0.717) is 30.3 Å². The standard InChI is InChI=1S/C30H39ClN2O4/c1-21-17-25(10-11-26(21)31)22(2)32(19-23-7-5-4-6-8-23)20-24-9-12-27(28(18-24)36-3)37-16-15-33-29(34)13-14-30(33)35/h9-12,17-18,22-23H,4-8,13-16,19-20H2,1-3H3/t22-/m1/s1. The van der Waals surface area contributed by atoms with Gasteiger partial charge in [0, 0.05) is 37.0 Å². The zero-order chi connectivity index (χ0) is 26.4. The highest BCUT2D eigenvalue weighted by Crippen LogP contribution is 2.33. The number of likely N-dealkylation sites (tertiary alicyclic amines) is 1. The lowest BCUT2D eigenvalue weighted by Crippen LogP contribution is -2.33. The Morgan fingerprint density at radius 2 is 1.76 bits per heavy atom. The van der Waals surface area contributed by atoms with Gasteiger partial charge >= 0.3 is 0 Å². The molecule has 7 heteroatoms. The normalized spacial score (nSPS) is 17.5. The van der Waals surface area contributed by atoms with E-state index in [1.54, 1.807) is 7.11 Å². The number of halogens is 1. The van der Waals surface area contributed by atoms with Gasteiger partial charge in [-0.15, -0.1) is 0 Å². The number of hydrogen-bond donors (Lipinski definition) is 0. The van der Waals surface area contributed by atoms with Gasteiger partial charge in [-0.1, -0.05) is 49.1 Å². The second-order valence-corrected chi connectivity index (χ2v) is 10.8. The van der Waals surface area contributed by atoms with Crippen molar-refractivity contribution in [3.05, 3.63) is 58.1 Å². The summed E-state index contributed by atoms with van der Waals surface area (Å²) >= 11 is 6.31. The van der Waals surface area contributed by atoms with Crippen molar-refractivity contribution < 1.29 is 19.1 Å². The third kappa shape index (κ3) is 7.05.